The largest absolute Gasteiger partial charge is 0.0616 e. The van der Waals surface area contributed by atoms with Crippen molar-refractivity contribution in [2.45, 2.75) is 0 Å². The summed E-state index contributed by atoms with van der Waals surface area (Å²) < 4.78 is 0. The molecular formula is C34H22. The zero-order valence-electron chi connectivity index (χ0n) is 18.7. The fourth-order valence-electron chi connectivity index (χ4n) is 5.53. The first-order valence-corrected chi connectivity index (χ1v) is 11.8. The van der Waals surface area contributed by atoms with Crippen molar-refractivity contribution in [1.82, 2.24) is 0 Å². The van der Waals surface area contributed by atoms with Gasteiger partial charge in [0.25, 0.3) is 0 Å². The van der Waals surface area contributed by atoms with E-state index in [-0.39, 0.29) is 0 Å². The van der Waals surface area contributed by atoms with Crippen LogP contribution in [-0.2, 0) is 0 Å². The third kappa shape index (κ3) is 2.86. The van der Waals surface area contributed by atoms with Gasteiger partial charge in [0, 0.05) is 0 Å². The maximum absolute atomic E-state index is 2.25. The highest BCUT2D eigenvalue weighted by Crippen LogP contribution is 2.39. The predicted molar refractivity (Wildman–Crippen MR) is 149 cm³/mol. The van der Waals surface area contributed by atoms with Crippen LogP contribution in [0, 0.1) is 0 Å². The molecule has 8 rings (SSSR count). The molecule has 0 heteroatoms. The third-order valence-corrected chi connectivity index (χ3v) is 7.04. The van der Waals surface area contributed by atoms with Gasteiger partial charge >= 0.3 is 0 Å². The van der Waals surface area contributed by atoms with Crippen molar-refractivity contribution in [2.24, 2.45) is 0 Å². The fourth-order valence-corrected chi connectivity index (χ4v) is 5.53. The lowest BCUT2D eigenvalue weighted by molar-refractivity contribution is 1.76. The van der Waals surface area contributed by atoms with Gasteiger partial charge in [0.1, 0.15) is 0 Å². The van der Waals surface area contributed by atoms with Gasteiger partial charge in [-0.05, 0) is 64.6 Å². The summed E-state index contributed by atoms with van der Waals surface area (Å²) >= 11 is 0. The first-order valence-electron chi connectivity index (χ1n) is 11.8. The highest BCUT2D eigenvalue weighted by molar-refractivity contribution is 6.32. The Morgan fingerprint density at radius 1 is 0.206 bits per heavy atom. The van der Waals surface area contributed by atoms with Crippen molar-refractivity contribution in [2.75, 3.05) is 0 Å². The summed E-state index contributed by atoms with van der Waals surface area (Å²) in [4.78, 5) is 0. The normalized spacial score (nSPS) is 11.5. The highest BCUT2D eigenvalue weighted by atomic mass is 14.1. The van der Waals surface area contributed by atoms with E-state index in [4.69, 9.17) is 0 Å². The van der Waals surface area contributed by atoms with Crippen LogP contribution in [0.5, 0.6) is 0 Å². The van der Waals surface area contributed by atoms with E-state index in [1.165, 1.54) is 64.6 Å². The average Bonchev–Trinajstić information content (AvgIpc) is 2.92. The Kier molecular flexibility index (Phi) is 4.25. The van der Waals surface area contributed by atoms with Crippen LogP contribution in [0.2, 0.25) is 0 Å². The van der Waals surface area contributed by atoms with Crippen LogP contribution < -0.4 is 0 Å². The Morgan fingerprint density at radius 2 is 0.500 bits per heavy atom. The molecule has 0 spiro atoms. The maximum Gasteiger partial charge on any atom is -0.00264 e. The van der Waals surface area contributed by atoms with Crippen molar-refractivity contribution >= 4 is 64.6 Å². The molecule has 0 aromatic heterocycles. The van der Waals surface area contributed by atoms with E-state index in [9.17, 15) is 0 Å². The van der Waals surface area contributed by atoms with Gasteiger partial charge in [0.15, 0.2) is 0 Å². The Labute approximate surface area is 198 Å². The standard InChI is InChI=1S/C20H12.C14H10/c1-5-13-6-2-11-17-18-12-4-8-14-7-3-10-16(20(14)18)15(9-1)19(13)17;1-3-7-13-11(5-1)9-10-12-6-2-4-8-14(12)13/h1-12H;1-10H. The summed E-state index contributed by atoms with van der Waals surface area (Å²) in [5, 5.41) is 16.2. The van der Waals surface area contributed by atoms with Gasteiger partial charge in [-0.1, -0.05) is 133 Å². The summed E-state index contributed by atoms with van der Waals surface area (Å²) in [6, 6.07) is 47.8. The molecule has 0 fully saturated rings. The highest BCUT2D eigenvalue weighted by Gasteiger charge is 2.11. The lowest BCUT2D eigenvalue weighted by Gasteiger charge is -2.13. The smallest absolute Gasteiger partial charge is 0.00264 e. The molecule has 0 N–H and O–H groups in total. The zero-order valence-corrected chi connectivity index (χ0v) is 18.7. The van der Waals surface area contributed by atoms with Gasteiger partial charge in [0.05, 0.1) is 0 Å². The van der Waals surface area contributed by atoms with Crippen LogP contribution in [0.25, 0.3) is 64.6 Å². The van der Waals surface area contributed by atoms with Crippen molar-refractivity contribution in [3.63, 3.8) is 0 Å². The summed E-state index contributed by atoms with van der Waals surface area (Å²) in [5.74, 6) is 0. The van der Waals surface area contributed by atoms with Gasteiger partial charge in [-0.3, -0.25) is 0 Å². The number of hydrogen-bond donors (Lipinski definition) is 0. The average molecular weight is 431 g/mol. The number of rotatable bonds is 0. The SMILES string of the molecule is c1cc2cccc3c4cccc5cccc(c(c1)c23)c54.c1ccc2c(c1)ccc1ccccc12. The Balaban J connectivity index is 0.000000126. The van der Waals surface area contributed by atoms with Crippen molar-refractivity contribution in [3.05, 3.63) is 133 Å². The Bertz CT molecular complexity index is 1740. The van der Waals surface area contributed by atoms with Gasteiger partial charge in [-0.15, -0.1) is 0 Å². The topological polar surface area (TPSA) is 0 Å². The number of fused-ring (bicyclic) bond motifs is 5. The van der Waals surface area contributed by atoms with Crippen LogP contribution in [0.1, 0.15) is 0 Å². The molecule has 0 aliphatic rings. The monoisotopic (exact) mass is 430 g/mol. The molecule has 34 heavy (non-hydrogen) atoms. The molecule has 8 aromatic rings. The minimum Gasteiger partial charge on any atom is -0.0616 e. The second-order valence-corrected chi connectivity index (χ2v) is 8.93. The number of hydrogen-bond acceptors (Lipinski definition) is 0. The first-order chi connectivity index (χ1) is 16.9. The van der Waals surface area contributed by atoms with Crippen LogP contribution in [0.15, 0.2) is 133 Å². The molecule has 8 aromatic carbocycles. The lowest BCUT2D eigenvalue weighted by atomic mass is 9.90. The molecule has 0 saturated heterocycles. The van der Waals surface area contributed by atoms with E-state index in [1.807, 2.05) is 0 Å². The van der Waals surface area contributed by atoms with Crippen molar-refractivity contribution in [3.8, 4) is 0 Å². The van der Waals surface area contributed by atoms with Crippen molar-refractivity contribution in [1.29, 1.82) is 0 Å². The first kappa shape index (κ1) is 19.1. The summed E-state index contributed by atoms with van der Waals surface area (Å²) in [5.41, 5.74) is 0. The molecule has 0 heterocycles. The molecule has 0 unspecified atom stereocenters. The molecule has 0 aliphatic heterocycles. The Morgan fingerprint density at radius 3 is 0.882 bits per heavy atom. The van der Waals surface area contributed by atoms with Gasteiger partial charge in [-0.25, -0.2) is 0 Å². The van der Waals surface area contributed by atoms with E-state index in [2.05, 4.69) is 133 Å². The minimum atomic E-state index is 1.31. The van der Waals surface area contributed by atoms with Gasteiger partial charge < -0.3 is 0 Å². The molecule has 0 bridgehead atoms. The van der Waals surface area contributed by atoms with Gasteiger partial charge in [0.2, 0.25) is 0 Å². The summed E-state index contributed by atoms with van der Waals surface area (Å²) in [6.45, 7) is 0. The van der Waals surface area contributed by atoms with Crippen molar-refractivity contribution < 1.29 is 0 Å². The molecule has 158 valence electrons. The fraction of sp³-hybridized carbons (Fsp3) is 0. The molecule has 0 aliphatic carbocycles. The molecule has 0 nitrogen and oxygen atoms in total. The second kappa shape index (κ2) is 7.57. The number of benzene rings is 8. The van der Waals surface area contributed by atoms with Crippen LogP contribution in [-0.4, -0.2) is 0 Å². The molecule has 0 amide bonds. The van der Waals surface area contributed by atoms with E-state index in [0.29, 0.717) is 0 Å². The maximum atomic E-state index is 2.25. The van der Waals surface area contributed by atoms with E-state index < -0.39 is 0 Å². The molecule has 0 atom stereocenters. The quantitative estimate of drug-likeness (QED) is 0.166. The molecular weight excluding hydrogens is 408 g/mol. The zero-order chi connectivity index (χ0) is 22.5. The Hall–Kier alpha value is -4.42. The third-order valence-electron chi connectivity index (χ3n) is 7.04. The minimum absolute atomic E-state index is 1.31. The van der Waals surface area contributed by atoms with Crippen LogP contribution in [0.3, 0.4) is 0 Å². The van der Waals surface area contributed by atoms with Crippen LogP contribution in [0.4, 0.5) is 0 Å². The van der Waals surface area contributed by atoms with E-state index in [0.717, 1.165) is 0 Å². The lowest BCUT2D eigenvalue weighted by Crippen LogP contribution is -1.85. The second-order valence-electron chi connectivity index (χ2n) is 8.93. The van der Waals surface area contributed by atoms with E-state index >= 15 is 0 Å². The van der Waals surface area contributed by atoms with Crippen LogP contribution >= 0.6 is 0 Å². The predicted octanol–water partition coefficient (Wildman–Crippen LogP) is 9.73. The summed E-state index contributed by atoms with van der Waals surface area (Å²) in [7, 11) is 0. The van der Waals surface area contributed by atoms with Gasteiger partial charge in [-0.2, -0.15) is 0 Å². The molecule has 0 radical (unpaired) electrons. The molecule has 0 saturated carbocycles. The summed E-state index contributed by atoms with van der Waals surface area (Å²) in [6.07, 6.45) is 0. The van der Waals surface area contributed by atoms with E-state index in [1.54, 1.807) is 0 Å².